The molecule has 1 rings (SSSR count). The fourth-order valence-corrected chi connectivity index (χ4v) is 1.79. The highest BCUT2D eigenvalue weighted by molar-refractivity contribution is 5.44. The maximum absolute atomic E-state index is 9.04. The van der Waals surface area contributed by atoms with Gasteiger partial charge in [-0.1, -0.05) is 13.0 Å². The van der Waals surface area contributed by atoms with Gasteiger partial charge >= 0.3 is 0 Å². The van der Waals surface area contributed by atoms with Crippen LogP contribution in [0, 0.1) is 25.2 Å². The zero-order valence-corrected chi connectivity index (χ0v) is 9.79. The van der Waals surface area contributed by atoms with Crippen LogP contribution in [0.5, 0.6) is 5.75 Å². The molecule has 0 aromatic heterocycles. The number of aryl methyl sites for hydroxylation is 2. The Kier molecular flexibility index (Phi) is 3.74. The molecule has 0 spiro atoms. The average Bonchev–Trinajstić information content (AvgIpc) is 2.24. The number of nitriles is 1. The summed E-state index contributed by atoms with van der Waals surface area (Å²) >= 11 is 0. The topological polar surface area (TPSA) is 33.0 Å². The average molecular weight is 203 g/mol. The third kappa shape index (κ3) is 2.30. The van der Waals surface area contributed by atoms with Gasteiger partial charge in [-0.15, -0.1) is 0 Å². The molecule has 0 radical (unpaired) electrons. The second kappa shape index (κ2) is 4.84. The molecular weight excluding hydrogens is 186 g/mol. The van der Waals surface area contributed by atoms with E-state index >= 15 is 0 Å². The molecule has 0 bridgehead atoms. The minimum atomic E-state index is -0.00499. The number of hydrogen-bond acceptors (Lipinski definition) is 2. The van der Waals surface area contributed by atoms with Crippen LogP contribution in [0.3, 0.4) is 0 Å². The van der Waals surface area contributed by atoms with Crippen LogP contribution >= 0.6 is 0 Å². The predicted molar refractivity (Wildman–Crippen MR) is 61.1 cm³/mol. The van der Waals surface area contributed by atoms with Crippen LogP contribution in [0.25, 0.3) is 0 Å². The zero-order valence-electron chi connectivity index (χ0n) is 9.79. The molecule has 2 nitrogen and oxygen atoms in total. The van der Waals surface area contributed by atoms with E-state index in [1.165, 1.54) is 0 Å². The Hall–Kier alpha value is -1.49. The number of nitrogens with zero attached hydrogens (tertiary/aromatic N) is 1. The van der Waals surface area contributed by atoms with Gasteiger partial charge in [0.2, 0.25) is 0 Å². The van der Waals surface area contributed by atoms with E-state index in [0.29, 0.717) is 0 Å². The van der Waals surface area contributed by atoms with E-state index in [2.05, 4.69) is 12.1 Å². The highest BCUT2D eigenvalue weighted by atomic mass is 16.5. The summed E-state index contributed by atoms with van der Waals surface area (Å²) < 4.78 is 5.24. The Morgan fingerprint density at radius 3 is 2.47 bits per heavy atom. The van der Waals surface area contributed by atoms with Gasteiger partial charge in [0.1, 0.15) is 5.75 Å². The van der Waals surface area contributed by atoms with E-state index in [-0.39, 0.29) is 5.92 Å². The van der Waals surface area contributed by atoms with Crippen molar-refractivity contribution >= 4 is 0 Å². The van der Waals surface area contributed by atoms with Crippen LogP contribution in [-0.2, 0) is 0 Å². The monoisotopic (exact) mass is 203 g/mol. The van der Waals surface area contributed by atoms with Crippen molar-refractivity contribution in [1.82, 2.24) is 0 Å². The van der Waals surface area contributed by atoms with Gasteiger partial charge in [-0.25, -0.2) is 0 Å². The van der Waals surface area contributed by atoms with E-state index in [9.17, 15) is 0 Å². The summed E-state index contributed by atoms with van der Waals surface area (Å²) in [6, 6.07) is 6.40. The summed E-state index contributed by atoms with van der Waals surface area (Å²) in [4.78, 5) is 0. The number of methoxy groups -OCH3 is 1. The first-order valence-electron chi connectivity index (χ1n) is 5.18. The highest BCUT2D eigenvalue weighted by Gasteiger charge is 2.13. The molecular formula is C13H17NO. The normalized spacial score (nSPS) is 11.9. The minimum absolute atomic E-state index is 0.00499. The summed E-state index contributed by atoms with van der Waals surface area (Å²) in [6.45, 7) is 6.07. The first-order chi connectivity index (χ1) is 7.13. The molecule has 1 unspecified atom stereocenters. The van der Waals surface area contributed by atoms with Crippen molar-refractivity contribution < 1.29 is 4.74 Å². The molecule has 0 saturated carbocycles. The lowest BCUT2D eigenvalue weighted by atomic mass is 9.92. The maximum atomic E-state index is 9.04. The lowest BCUT2D eigenvalue weighted by Gasteiger charge is -2.14. The lowest BCUT2D eigenvalue weighted by molar-refractivity contribution is 0.411. The molecule has 1 aromatic carbocycles. The molecule has 80 valence electrons. The highest BCUT2D eigenvalue weighted by Crippen LogP contribution is 2.28. The molecule has 0 aliphatic rings. The fraction of sp³-hybridized carbons (Fsp3) is 0.462. The summed E-state index contributed by atoms with van der Waals surface area (Å²) in [5.74, 6) is 0.888. The number of benzene rings is 1. The van der Waals surface area contributed by atoms with Gasteiger partial charge in [0.25, 0.3) is 0 Å². The number of ether oxygens (including phenoxy) is 1. The summed E-state index contributed by atoms with van der Waals surface area (Å²) in [6.07, 6.45) is 0.850. The Labute approximate surface area is 91.5 Å². The van der Waals surface area contributed by atoms with Gasteiger partial charge in [-0.3, -0.25) is 0 Å². The van der Waals surface area contributed by atoms with E-state index in [1.54, 1.807) is 7.11 Å². The molecule has 0 fully saturated rings. The molecule has 0 aliphatic heterocycles. The van der Waals surface area contributed by atoms with Crippen molar-refractivity contribution in [2.75, 3.05) is 7.11 Å². The number of rotatable bonds is 3. The van der Waals surface area contributed by atoms with Gasteiger partial charge in [-0.05, 0) is 43.0 Å². The molecule has 2 heteroatoms. The van der Waals surface area contributed by atoms with Crippen molar-refractivity contribution in [1.29, 1.82) is 5.26 Å². The summed E-state index contributed by atoms with van der Waals surface area (Å²) in [5.41, 5.74) is 3.34. The molecule has 0 heterocycles. The summed E-state index contributed by atoms with van der Waals surface area (Å²) in [5, 5.41) is 9.04. The van der Waals surface area contributed by atoms with Crippen LogP contribution < -0.4 is 4.74 Å². The fourth-order valence-electron chi connectivity index (χ4n) is 1.79. The molecule has 0 amide bonds. The standard InChI is InChI=1S/C13H17NO/c1-5-11(8-14)12-6-10(3)13(15-4)7-9(12)2/h6-7,11H,5H2,1-4H3. The Balaban J connectivity index is 3.22. The van der Waals surface area contributed by atoms with Crippen molar-refractivity contribution in [3.63, 3.8) is 0 Å². The predicted octanol–water partition coefficient (Wildman–Crippen LogP) is 3.33. The molecule has 0 aliphatic carbocycles. The molecule has 0 saturated heterocycles. The van der Waals surface area contributed by atoms with Crippen molar-refractivity contribution in [2.45, 2.75) is 33.1 Å². The third-order valence-corrected chi connectivity index (χ3v) is 2.72. The van der Waals surface area contributed by atoms with Crippen LogP contribution in [0.2, 0.25) is 0 Å². The van der Waals surface area contributed by atoms with Crippen molar-refractivity contribution in [3.8, 4) is 11.8 Å². The zero-order chi connectivity index (χ0) is 11.4. The van der Waals surface area contributed by atoms with Gasteiger partial charge in [0.05, 0.1) is 19.1 Å². The van der Waals surface area contributed by atoms with Crippen molar-refractivity contribution in [2.24, 2.45) is 0 Å². The van der Waals surface area contributed by atoms with Gasteiger partial charge in [-0.2, -0.15) is 5.26 Å². The Morgan fingerprint density at radius 1 is 1.33 bits per heavy atom. The SMILES string of the molecule is CCC(C#N)c1cc(C)c(OC)cc1C. The van der Waals surface area contributed by atoms with Gasteiger partial charge < -0.3 is 4.74 Å². The molecule has 15 heavy (non-hydrogen) atoms. The smallest absolute Gasteiger partial charge is 0.122 e. The maximum Gasteiger partial charge on any atom is 0.122 e. The second-order valence-corrected chi connectivity index (χ2v) is 3.77. The second-order valence-electron chi connectivity index (χ2n) is 3.77. The van der Waals surface area contributed by atoms with E-state index < -0.39 is 0 Å². The molecule has 1 aromatic rings. The molecule has 1 atom stereocenters. The molecule has 0 N–H and O–H groups in total. The van der Waals surface area contributed by atoms with Gasteiger partial charge in [0, 0.05) is 0 Å². The van der Waals surface area contributed by atoms with Crippen molar-refractivity contribution in [3.05, 3.63) is 28.8 Å². The van der Waals surface area contributed by atoms with Crippen LogP contribution in [0.15, 0.2) is 12.1 Å². The third-order valence-electron chi connectivity index (χ3n) is 2.72. The van der Waals surface area contributed by atoms with Gasteiger partial charge in [0.15, 0.2) is 0 Å². The largest absolute Gasteiger partial charge is 0.496 e. The van der Waals surface area contributed by atoms with Crippen LogP contribution in [0.4, 0.5) is 0 Å². The number of hydrogen-bond donors (Lipinski definition) is 0. The first kappa shape index (κ1) is 11.6. The Morgan fingerprint density at radius 2 is 2.00 bits per heavy atom. The van der Waals surface area contributed by atoms with E-state index in [0.717, 1.165) is 28.9 Å². The van der Waals surface area contributed by atoms with E-state index in [1.807, 2.05) is 26.8 Å². The van der Waals surface area contributed by atoms with Crippen LogP contribution in [0.1, 0.15) is 36.0 Å². The minimum Gasteiger partial charge on any atom is -0.496 e. The quantitative estimate of drug-likeness (QED) is 0.754. The van der Waals surface area contributed by atoms with Crippen LogP contribution in [-0.4, -0.2) is 7.11 Å². The lowest BCUT2D eigenvalue weighted by Crippen LogP contribution is -1.99. The summed E-state index contributed by atoms with van der Waals surface area (Å²) in [7, 11) is 1.67. The van der Waals surface area contributed by atoms with E-state index in [4.69, 9.17) is 10.00 Å². The first-order valence-corrected chi connectivity index (χ1v) is 5.18. The Bertz CT molecular complexity index is 390.